The van der Waals surface area contributed by atoms with E-state index < -0.39 is 10.0 Å². The summed E-state index contributed by atoms with van der Waals surface area (Å²) >= 11 is 0. The Kier molecular flexibility index (Phi) is 5.95. The first kappa shape index (κ1) is 21.0. The number of benzene rings is 2. The number of para-hydroxylation sites is 1. The molecule has 30 heavy (non-hydrogen) atoms. The summed E-state index contributed by atoms with van der Waals surface area (Å²) in [6.45, 7) is 5.95. The number of amides is 1. The molecule has 2 aromatic rings. The van der Waals surface area contributed by atoms with Gasteiger partial charge in [-0.05, 0) is 55.0 Å². The standard InChI is InChI=1S/C23H28N2O4S/c1-3-18-6-4-7-19-8-5-11-25(22(18)19)23(26)20-10-9-17(2)21(16-20)30(27,28)24-12-14-29-15-13-24/h4,6-7,9-10,16H,3,5,8,11-15H2,1-2H3. The Morgan fingerprint density at radius 2 is 1.87 bits per heavy atom. The van der Waals surface area contributed by atoms with Crippen LogP contribution in [0.2, 0.25) is 0 Å². The van der Waals surface area contributed by atoms with E-state index in [9.17, 15) is 13.2 Å². The van der Waals surface area contributed by atoms with Gasteiger partial charge in [-0.15, -0.1) is 0 Å². The van der Waals surface area contributed by atoms with Crippen LogP contribution in [0.25, 0.3) is 0 Å². The molecule has 0 aliphatic carbocycles. The van der Waals surface area contributed by atoms with Crippen LogP contribution in [0, 0.1) is 6.92 Å². The highest BCUT2D eigenvalue weighted by molar-refractivity contribution is 7.89. The van der Waals surface area contributed by atoms with E-state index in [-0.39, 0.29) is 10.8 Å². The first-order chi connectivity index (χ1) is 14.4. The molecule has 0 aromatic heterocycles. The Labute approximate surface area is 178 Å². The molecule has 160 valence electrons. The molecular formula is C23H28N2O4S. The predicted octanol–water partition coefficient (Wildman–Crippen LogP) is 3.17. The molecule has 0 unspecified atom stereocenters. The first-order valence-electron chi connectivity index (χ1n) is 10.5. The molecule has 1 fully saturated rings. The molecule has 4 rings (SSSR count). The topological polar surface area (TPSA) is 66.9 Å². The second-order valence-electron chi connectivity index (χ2n) is 7.84. The van der Waals surface area contributed by atoms with Crippen LogP contribution in [0.5, 0.6) is 0 Å². The average Bonchev–Trinajstić information content (AvgIpc) is 2.78. The van der Waals surface area contributed by atoms with E-state index in [1.807, 2.05) is 11.0 Å². The number of anilines is 1. The quantitative estimate of drug-likeness (QED) is 0.750. The van der Waals surface area contributed by atoms with Crippen LogP contribution in [0.1, 0.15) is 40.4 Å². The summed E-state index contributed by atoms with van der Waals surface area (Å²) in [7, 11) is -3.67. The van der Waals surface area contributed by atoms with Crippen molar-refractivity contribution in [2.45, 2.75) is 38.0 Å². The summed E-state index contributed by atoms with van der Waals surface area (Å²) in [5, 5.41) is 0. The van der Waals surface area contributed by atoms with Crippen LogP contribution < -0.4 is 4.90 Å². The second kappa shape index (κ2) is 8.49. The van der Waals surface area contributed by atoms with Crippen LogP contribution in [0.4, 0.5) is 5.69 Å². The highest BCUT2D eigenvalue weighted by Gasteiger charge is 2.30. The molecule has 0 spiro atoms. The zero-order valence-electron chi connectivity index (χ0n) is 17.6. The van der Waals surface area contributed by atoms with Crippen LogP contribution >= 0.6 is 0 Å². The molecule has 6 nitrogen and oxygen atoms in total. The predicted molar refractivity (Wildman–Crippen MR) is 117 cm³/mol. The van der Waals surface area contributed by atoms with Crippen molar-refractivity contribution in [1.29, 1.82) is 0 Å². The highest BCUT2D eigenvalue weighted by atomic mass is 32.2. The Morgan fingerprint density at radius 3 is 2.60 bits per heavy atom. The Balaban J connectivity index is 1.72. The molecule has 2 aliphatic heterocycles. The molecule has 0 N–H and O–H groups in total. The SMILES string of the molecule is CCc1cccc2c1N(C(=O)c1ccc(C)c(S(=O)(=O)N3CCOCC3)c1)CCC2. The fraction of sp³-hybridized carbons (Fsp3) is 0.435. The molecular weight excluding hydrogens is 400 g/mol. The lowest BCUT2D eigenvalue weighted by atomic mass is 9.95. The van der Waals surface area contributed by atoms with Gasteiger partial charge >= 0.3 is 0 Å². The van der Waals surface area contributed by atoms with Gasteiger partial charge in [0.05, 0.1) is 23.8 Å². The van der Waals surface area contributed by atoms with Crippen LogP contribution in [-0.2, 0) is 27.6 Å². The maximum atomic E-state index is 13.5. The smallest absolute Gasteiger partial charge is 0.258 e. The summed E-state index contributed by atoms with van der Waals surface area (Å²) < 4.78 is 33.1. The Bertz CT molecular complexity index is 1040. The highest BCUT2D eigenvalue weighted by Crippen LogP contribution is 2.33. The number of carbonyl (C=O) groups excluding carboxylic acids is 1. The van der Waals surface area contributed by atoms with Crippen molar-refractivity contribution in [3.63, 3.8) is 0 Å². The fourth-order valence-electron chi connectivity index (χ4n) is 4.31. The van der Waals surface area contributed by atoms with Crippen molar-refractivity contribution < 1.29 is 17.9 Å². The zero-order valence-corrected chi connectivity index (χ0v) is 18.4. The van der Waals surface area contributed by atoms with Crippen LogP contribution in [0.15, 0.2) is 41.3 Å². The summed E-state index contributed by atoms with van der Waals surface area (Å²) in [5.41, 5.74) is 4.38. The van der Waals surface area contributed by atoms with Gasteiger partial charge in [0.15, 0.2) is 0 Å². The van der Waals surface area contributed by atoms with Crippen molar-refractivity contribution in [3.05, 3.63) is 58.7 Å². The lowest BCUT2D eigenvalue weighted by Gasteiger charge is -2.32. The zero-order chi connectivity index (χ0) is 21.3. The lowest BCUT2D eigenvalue weighted by molar-refractivity contribution is 0.0730. The monoisotopic (exact) mass is 428 g/mol. The van der Waals surface area contributed by atoms with Crippen molar-refractivity contribution in [2.24, 2.45) is 0 Å². The van der Waals surface area contributed by atoms with Gasteiger partial charge in [-0.3, -0.25) is 4.79 Å². The number of ether oxygens (including phenoxy) is 1. The van der Waals surface area contributed by atoms with Gasteiger partial charge in [-0.1, -0.05) is 31.2 Å². The number of aryl methyl sites for hydroxylation is 3. The number of hydrogen-bond donors (Lipinski definition) is 0. The van der Waals surface area contributed by atoms with E-state index in [1.54, 1.807) is 25.1 Å². The molecule has 0 bridgehead atoms. The minimum atomic E-state index is -3.67. The molecule has 1 amide bonds. The maximum absolute atomic E-state index is 13.5. The summed E-state index contributed by atoms with van der Waals surface area (Å²) in [5.74, 6) is -0.143. The third kappa shape index (κ3) is 3.77. The molecule has 0 saturated carbocycles. The van der Waals surface area contributed by atoms with Crippen LogP contribution in [0.3, 0.4) is 0 Å². The molecule has 0 radical (unpaired) electrons. The molecule has 7 heteroatoms. The minimum absolute atomic E-state index is 0.143. The number of rotatable bonds is 4. The Hall–Kier alpha value is -2.22. The van der Waals surface area contributed by atoms with E-state index in [0.29, 0.717) is 44.0 Å². The number of morpholine rings is 1. The van der Waals surface area contributed by atoms with Gasteiger partial charge in [-0.25, -0.2) is 8.42 Å². The third-order valence-corrected chi connectivity index (χ3v) is 7.99. The van der Waals surface area contributed by atoms with Gasteiger partial charge < -0.3 is 9.64 Å². The van der Waals surface area contributed by atoms with E-state index in [0.717, 1.165) is 30.5 Å². The summed E-state index contributed by atoms with van der Waals surface area (Å²) in [4.78, 5) is 15.5. The van der Waals surface area contributed by atoms with Gasteiger partial charge in [-0.2, -0.15) is 4.31 Å². The average molecular weight is 429 g/mol. The lowest BCUT2D eigenvalue weighted by Crippen LogP contribution is -2.41. The van der Waals surface area contributed by atoms with E-state index in [2.05, 4.69) is 19.1 Å². The number of carbonyl (C=O) groups is 1. The number of sulfonamides is 1. The second-order valence-corrected chi connectivity index (χ2v) is 9.74. The van der Waals surface area contributed by atoms with Crippen LogP contribution in [-0.4, -0.2) is 51.5 Å². The van der Waals surface area contributed by atoms with Gasteiger partial charge in [0, 0.05) is 25.2 Å². The van der Waals surface area contributed by atoms with E-state index in [4.69, 9.17) is 4.74 Å². The van der Waals surface area contributed by atoms with E-state index in [1.165, 1.54) is 9.87 Å². The largest absolute Gasteiger partial charge is 0.379 e. The number of hydrogen-bond acceptors (Lipinski definition) is 4. The molecule has 0 atom stereocenters. The summed E-state index contributed by atoms with van der Waals surface area (Å²) in [6.07, 6.45) is 2.70. The van der Waals surface area contributed by atoms with Crippen molar-refractivity contribution in [3.8, 4) is 0 Å². The molecule has 2 aromatic carbocycles. The van der Waals surface area contributed by atoms with Crippen molar-refractivity contribution in [1.82, 2.24) is 4.31 Å². The van der Waals surface area contributed by atoms with Gasteiger partial charge in [0.2, 0.25) is 10.0 Å². The molecule has 1 saturated heterocycles. The van der Waals surface area contributed by atoms with Gasteiger partial charge in [0.25, 0.3) is 5.91 Å². The maximum Gasteiger partial charge on any atom is 0.258 e. The van der Waals surface area contributed by atoms with Gasteiger partial charge in [0.1, 0.15) is 0 Å². The normalized spacial score (nSPS) is 17.6. The third-order valence-electron chi connectivity index (χ3n) is 5.95. The summed E-state index contributed by atoms with van der Waals surface area (Å²) in [6, 6.07) is 11.2. The van der Waals surface area contributed by atoms with Crippen molar-refractivity contribution >= 4 is 21.6 Å². The number of nitrogens with zero attached hydrogens (tertiary/aromatic N) is 2. The first-order valence-corrected chi connectivity index (χ1v) is 12.0. The molecule has 2 heterocycles. The number of fused-ring (bicyclic) bond motifs is 1. The molecule has 2 aliphatic rings. The Morgan fingerprint density at radius 1 is 1.10 bits per heavy atom. The minimum Gasteiger partial charge on any atom is -0.379 e. The van der Waals surface area contributed by atoms with Crippen molar-refractivity contribution in [2.75, 3.05) is 37.7 Å². The van der Waals surface area contributed by atoms with E-state index >= 15 is 0 Å². The fourth-order valence-corrected chi connectivity index (χ4v) is 5.97.